The second kappa shape index (κ2) is 10.7. The van der Waals surface area contributed by atoms with Gasteiger partial charge in [-0.3, -0.25) is 13.9 Å². The molecule has 0 aliphatic rings. The monoisotopic (exact) mass is 523 g/mol. The summed E-state index contributed by atoms with van der Waals surface area (Å²) in [7, 11) is -2.61. The van der Waals surface area contributed by atoms with Crippen molar-refractivity contribution in [1.82, 2.24) is 10.2 Å². The second-order valence-corrected chi connectivity index (χ2v) is 10.0. The number of halogens is 4. The summed E-state index contributed by atoms with van der Waals surface area (Å²) in [5, 5.41) is 2.53. The number of hydrogen-bond donors (Lipinski definition) is 1. The topological polar surface area (TPSA) is 86.8 Å². The molecule has 1 atom stereocenters. The molecule has 2 amide bonds. The normalized spacial score (nSPS) is 12.2. The smallest absolute Gasteiger partial charge is 0.244 e. The number of amides is 2. The van der Waals surface area contributed by atoms with E-state index in [4.69, 9.17) is 34.8 Å². The number of nitrogens with one attached hydrogen (secondary N) is 1. The van der Waals surface area contributed by atoms with Crippen LogP contribution >= 0.6 is 34.8 Å². The Morgan fingerprint density at radius 1 is 1.09 bits per heavy atom. The van der Waals surface area contributed by atoms with Crippen LogP contribution in [0.3, 0.4) is 0 Å². The minimum atomic E-state index is -4.01. The highest BCUT2D eigenvalue weighted by atomic mass is 35.5. The maximum absolute atomic E-state index is 14.2. The Hall–Kier alpha value is -2.07. The molecule has 0 saturated heterocycles. The molecule has 2 aromatic rings. The maximum Gasteiger partial charge on any atom is 0.244 e. The highest BCUT2D eigenvalue weighted by Gasteiger charge is 2.31. The van der Waals surface area contributed by atoms with Crippen LogP contribution in [0.4, 0.5) is 10.1 Å². The van der Waals surface area contributed by atoms with Crippen LogP contribution in [-0.2, 0) is 26.2 Å². The average Bonchev–Trinajstić information content (AvgIpc) is 2.72. The van der Waals surface area contributed by atoms with Crippen LogP contribution in [0, 0.1) is 5.82 Å². The molecular weight excluding hydrogens is 504 g/mol. The van der Waals surface area contributed by atoms with Gasteiger partial charge in [0, 0.05) is 19.2 Å². The molecule has 0 aliphatic carbocycles. The molecule has 2 aromatic carbocycles. The van der Waals surface area contributed by atoms with Crippen molar-refractivity contribution in [2.45, 2.75) is 19.5 Å². The maximum atomic E-state index is 14.2. The highest BCUT2D eigenvalue weighted by molar-refractivity contribution is 7.92. The summed E-state index contributed by atoms with van der Waals surface area (Å²) < 4.78 is 40.0. The average molecular weight is 525 g/mol. The van der Waals surface area contributed by atoms with Gasteiger partial charge < -0.3 is 10.2 Å². The number of benzene rings is 2. The van der Waals surface area contributed by atoms with E-state index in [1.807, 2.05) is 0 Å². The van der Waals surface area contributed by atoms with Gasteiger partial charge in [-0.15, -0.1) is 0 Å². The third-order valence-corrected chi connectivity index (χ3v) is 6.80. The molecule has 0 fully saturated rings. The van der Waals surface area contributed by atoms with E-state index >= 15 is 0 Å². The fraction of sp³-hybridized carbons (Fsp3) is 0.300. The van der Waals surface area contributed by atoms with Crippen molar-refractivity contribution < 1.29 is 22.4 Å². The molecule has 0 unspecified atom stereocenters. The number of sulfonamides is 1. The zero-order valence-electron chi connectivity index (χ0n) is 17.4. The Balaban J connectivity index is 2.47. The third kappa shape index (κ3) is 6.25. The largest absolute Gasteiger partial charge is 0.357 e. The molecule has 0 aliphatic heterocycles. The summed E-state index contributed by atoms with van der Waals surface area (Å²) in [5.74, 6) is -1.83. The summed E-state index contributed by atoms with van der Waals surface area (Å²) in [6, 6.07) is 7.24. The van der Waals surface area contributed by atoms with Crippen molar-refractivity contribution in [3.63, 3.8) is 0 Å². The van der Waals surface area contributed by atoms with E-state index in [9.17, 15) is 22.4 Å². The number of likely N-dealkylation sites (N-methyl/N-ethyl adjacent to an activating group) is 1. The van der Waals surface area contributed by atoms with Crippen LogP contribution in [0.25, 0.3) is 0 Å². The quantitative estimate of drug-likeness (QED) is 0.533. The Kier molecular flexibility index (Phi) is 8.75. The molecular formula is C20H21Cl3FN3O4S. The van der Waals surface area contributed by atoms with Gasteiger partial charge in [0.1, 0.15) is 18.4 Å². The SMILES string of the molecule is CNC(=O)[C@H](C)N(Cc1ccccc1F)C(=O)CN(c1cc(Cl)c(Cl)cc1Cl)S(C)(=O)=O. The van der Waals surface area contributed by atoms with Crippen LogP contribution in [0.1, 0.15) is 12.5 Å². The van der Waals surface area contributed by atoms with Crippen molar-refractivity contribution in [3.05, 3.63) is 62.8 Å². The lowest BCUT2D eigenvalue weighted by Gasteiger charge is -2.31. The molecule has 174 valence electrons. The summed E-state index contributed by atoms with van der Waals surface area (Å²) in [4.78, 5) is 26.6. The standard InChI is InChI=1S/C20H21Cl3FN3O4S/c1-12(20(29)25-2)26(10-13-6-4-5-7-17(13)24)19(28)11-27(32(3,30)31)18-9-15(22)14(21)8-16(18)23/h4-9,12H,10-11H2,1-3H3,(H,25,29)/t12-/m0/s1. The molecule has 0 saturated carbocycles. The van der Waals surface area contributed by atoms with Crippen LogP contribution in [0.5, 0.6) is 0 Å². The van der Waals surface area contributed by atoms with Gasteiger partial charge in [-0.2, -0.15) is 0 Å². The molecule has 0 aromatic heterocycles. The second-order valence-electron chi connectivity index (χ2n) is 6.89. The minimum absolute atomic E-state index is 0.0362. The van der Waals surface area contributed by atoms with Crippen molar-refractivity contribution in [2.24, 2.45) is 0 Å². The first kappa shape index (κ1) is 26.2. The van der Waals surface area contributed by atoms with E-state index in [2.05, 4.69) is 5.32 Å². The van der Waals surface area contributed by atoms with Crippen LogP contribution in [0.2, 0.25) is 15.1 Å². The molecule has 0 radical (unpaired) electrons. The Labute approximate surface area is 201 Å². The van der Waals surface area contributed by atoms with Crippen LogP contribution in [-0.4, -0.2) is 51.0 Å². The highest BCUT2D eigenvalue weighted by Crippen LogP contribution is 2.35. The summed E-state index contributed by atoms with van der Waals surface area (Å²) in [6.45, 7) is 0.494. The Bertz CT molecular complexity index is 1130. The molecule has 0 spiro atoms. The van der Waals surface area contributed by atoms with Gasteiger partial charge in [0.05, 0.1) is 27.0 Å². The first-order valence-corrected chi connectivity index (χ1v) is 12.2. The lowest BCUT2D eigenvalue weighted by Crippen LogP contribution is -2.50. The fourth-order valence-electron chi connectivity index (χ4n) is 2.90. The summed E-state index contributed by atoms with van der Waals surface area (Å²) in [5.41, 5.74) is 0.102. The van der Waals surface area contributed by atoms with Gasteiger partial charge in [0.25, 0.3) is 0 Å². The molecule has 0 heterocycles. The number of carbonyl (C=O) groups is 2. The fourth-order valence-corrected chi connectivity index (χ4v) is 4.45. The Morgan fingerprint density at radius 2 is 1.69 bits per heavy atom. The van der Waals surface area contributed by atoms with Crippen LogP contribution < -0.4 is 9.62 Å². The lowest BCUT2D eigenvalue weighted by molar-refractivity contribution is -0.139. The Morgan fingerprint density at radius 3 is 2.25 bits per heavy atom. The summed E-state index contributed by atoms with van der Waals surface area (Å²) in [6.07, 6.45) is 0.891. The predicted octanol–water partition coefficient (Wildman–Crippen LogP) is 3.72. The molecule has 2 rings (SSSR count). The number of carbonyl (C=O) groups excluding carboxylic acids is 2. The number of nitrogens with zero attached hydrogens (tertiary/aromatic N) is 2. The van der Waals surface area contributed by atoms with Gasteiger partial charge in [0.2, 0.25) is 21.8 Å². The minimum Gasteiger partial charge on any atom is -0.357 e. The van der Waals surface area contributed by atoms with Crippen molar-refractivity contribution >= 4 is 62.3 Å². The van der Waals surface area contributed by atoms with E-state index < -0.39 is 40.2 Å². The van der Waals surface area contributed by atoms with Crippen molar-refractivity contribution in [3.8, 4) is 0 Å². The first-order chi connectivity index (χ1) is 14.9. The zero-order chi connectivity index (χ0) is 24.2. The number of anilines is 1. The molecule has 32 heavy (non-hydrogen) atoms. The van der Waals surface area contributed by atoms with E-state index in [0.29, 0.717) is 0 Å². The molecule has 7 nitrogen and oxygen atoms in total. The van der Waals surface area contributed by atoms with Crippen molar-refractivity contribution in [1.29, 1.82) is 0 Å². The van der Waals surface area contributed by atoms with E-state index in [1.54, 1.807) is 6.07 Å². The van der Waals surface area contributed by atoms with Gasteiger partial charge >= 0.3 is 0 Å². The van der Waals surface area contributed by atoms with Crippen LogP contribution in [0.15, 0.2) is 36.4 Å². The van der Waals surface area contributed by atoms with E-state index in [0.717, 1.165) is 15.5 Å². The zero-order valence-corrected chi connectivity index (χ0v) is 20.5. The summed E-state index contributed by atoms with van der Waals surface area (Å²) >= 11 is 18.1. The predicted molar refractivity (Wildman–Crippen MR) is 124 cm³/mol. The van der Waals surface area contributed by atoms with Gasteiger partial charge in [0.15, 0.2) is 0 Å². The lowest BCUT2D eigenvalue weighted by atomic mass is 10.1. The van der Waals surface area contributed by atoms with Gasteiger partial charge in [-0.25, -0.2) is 12.8 Å². The van der Waals surface area contributed by atoms with E-state index in [-0.39, 0.29) is 32.9 Å². The number of rotatable bonds is 8. The van der Waals surface area contributed by atoms with Gasteiger partial charge in [-0.1, -0.05) is 53.0 Å². The molecule has 0 bridgehead atoms. The van der Waals surface area contributed by atoms with E-state index in [1.165, 1.54) is 44.3 Å². The molecule has 1 N–H and O–H groups in total. The molecule has 12 heteroatoms. The third-order valence-electron chi connectivity index (χ3n) is 4.65. The number of hydrogen-bond acceptors (Lipinski definition) is 4. The van der Waals surface area contributed by atoms with Gasteiger partial charge in [-0.05, 0) is 25.1 Å². The first-order valence-electron chi connectivity index (χ1n) is 9.23. The van der Waals surface area contributed by atoms with Crippen molar-refractivity contribution in [2.75, 3.05) is 24.2 Å².